The summed E-state index contributed by atoms with van der Waals surface area (Å²) < 4.78 is 23.1. The highest BCUT2D eigenvalue weighted by atomic mass is 35.5. The SMILES string of the molecule is O=C(Nc1cccc(Cl)c1)N1CCN(C(=O)[C@H]2CCS(=O)(=O)C2)CC1. The number of sulfone groups is 1. The number of nitrogens with zero attached hydrogens (tertiary/aromatic N) is 2. The molecule has 3 rings (SSSR count). The number of urea groups is 1. The second-order valence-corrected chi connectivity index (χ2v) is 9.02. The number of amides is 3. The van der Waals surface area contributed by atoms with E-state index in [0.29, 0.717) is 43.3 Å². The van der Waals surface area contributed by atoms with Gasteiger partial charge in [0.2, 0.25) is 5.91 Å². The Labute approximate surface area is 151 Å². The first-order valence-corrected chi connectivity index (χ1v) is 10.3. The van der Waals surface area contributed by atoms with Crippen molar-refractivity contribution in [3.63, 3.8) is 0 Å². The molecule has 0 spiro atoms. The van der Waals surface area contributed by atoms with Crippen molar-refractivity contribution in [2.24, 2.45) is 5.92 Å². The van der Waals surface area contributed by atoms with Crippen LogP contribution >= 0.6 is 11.6 Å². The first-order chi connectivity index (χ1) is 11.8. The van der Waals surface area contributed by atoms with Gasteiger partial charge in [-0.1, -0.05) is 17.7 Å². The fraction of sp³-hybridized carbons (Fsp3) is 0.500. The first kappa shape index (κ1) is 18.0. The number of hydrogen-bond acceptors (Lipinski definition) is 4. The highest BCUT2D eigenvalue weighted by molar-refractivity contribution is 7.91. The van der Waals surface area contributed by atoms with Crippen LogP contribution < -0.4 is 5.32 Å². The van der Waals surface area contributed by atoms with Crippen LogP contribution in [0.2, 0.25) is 5.02 Å². The van der Waals surface area contributed by atoms with Crippen LogP contribution in [-0.4, -0.2) is 67.8 Å². The third-order valence-electron chi connectivity index (χ3n) is 4.54. The smallest absolute Gasteiger partial charge is 0.321 e. The van der Waals surface area contributed by atoms with Crippen molar-refractivity contribution in [1.82, 2.24) is 9.80 Å². The van der Waals surface area contributed by atoms with Crippen molar-refractivity contribution < 1.29 is 18.0 Å². The largest absolute Gasteiger partial charge is 0.339 e. The molecule has 0 bridgehead atoms. The van der Waals surface area contributed by atoms with Gasteiger partial charge in [0.05, 0.1) is 17.4 Å². The number of halogens is 1. The summed E-state index contributed by atoms with van der Waals surface area (Å²) in [6, 6.07) is 6.66. The van der Waals surface area contributed by atoms with E-state index in [9.17, 15) is 18.0 Å². The molecule has 2 saturated heterocycles. The number of piperazine rings is 1. The van der Waals surface area contributed by atoms with E-state index in [1.165, 1.54) is 0 Å². The molecule has 136 valence electrons. The van der Waals surface area contributed by atoms with E-state index < -0.39 is 15.8 Å². The van der Waals surface area contributed by atoms with Gasteiger partial charge in [-0.15, -0.1) is 0 Å². The van der Waals surface area contributed by atoms with Crippen LogP contribution in [0.25, 0.3) is 0 Å². The molecule has 2 heterocycles. The van der Waals surface area contributed by atoms with Gasteiger partial charge in [-0.25, -0.2) is 13.2 Å². The molecule has 0 aliphatic carbocycles. The predicted molar refractivity (Wildman–Crippen MR) is 95.4 cm³/mol. The van der Waals surface area contributed by atoms with Crippen LogP contribution in [0.4, 0.5) is 10.5 Å². The van der Waals surface area contributed by atoms with Crippen LogP contribution in [-0.2, 0) is 14.6 Å². The van der Waals surface area contributed by atoms with Crippen LogP contribution in [0.1, 0.15) is 6.42 Å². The quantitative estimate of drug-likeness (QED) is 0.834. The predicted octanol–water partition coefficient (Wildman–Crippen LogP) is 1.45. The molecule has 0 radical (unpaired) electrons. The van der Waals surface area contributed by atoms with Crippen LogP contribution in [0.15, 0.2) is 24.3 Å². The number of benzene rings is 1. The molecule has 0 unspecified atom stereocenters. The maximum absolute atomic E-state index is 12.4. The summed E-state index contributed by atoms with van der Waals surface area (Å²) >= 11 is 5.90. The maximum atomic E-state index is 12.4. The van der Waals surface area contributed by atoms with E-state index in [1.807, 2.05) is 0 Å². The summed E-state index contributed by atoms with van der Waals surface area (Å²) in [5.74, 6) is -0.514. The van der Waals surface area contributed by atoms with Gasteiger partial charge < -0.3 is 15.1 Å². The Hall–Kier alpha value is -1.80. The van der Waals surface area contributed by atoms with E-state index >= 15 is 0 Å². The first-order valence-electron chi connectivity index (χ1n) is 8.15. The summed E-state index contributed by atoms with van der Waals surface area (Å²) in [7, 11) is -3.07. The van der Waals surface area contributed by atoms with E-state index in [0.717, 1.165) is 0 Å². The summed E-state index contributed by atoms with van der Waals surface area (Å²) in [4.78, 5) is 28.0. The lowest BCUT2D eigenvalue weighted by Gasteiger charge is -2.35. The zero-order valence-electron chi connectivity index (χ0n) is 13.7. The molecular weight excluding hydrogens is 366 g/mol. The second-order valence-electron chi connectivity index (χ2n) is 6.35. The molecule has 0 saturated carbocycles. The molecule has 1 atom stereocenters. The van der Waals surface area contributed by atoms with Gasteiger partial charge in [-0.3, -0.25) is 4.79 Å². The standard InChI is InChI=1S/C16H20ClN3O4S/c17-13-2-1-3-14(10-13)18-16(22)20-7-5-19(6-8-20)15(21)12-4-9-25(23,24)11-12/h1-3,10,12H,4-9,11H2,(H,18,22)/t12-/m0/s1. The number of carbonyl (C=O) groups is 2. The molecule has 2 aliphatic heterocycles. The minimum atomic E-state index is -3.07. The number of carbonyl (C=O) groups excluding carboxylic acids is 2. The Bertz CT molecular complexity index is 775. The van der Waals surface area contributed by atoms with Crippen LogP contribution in [0.3, 0.4) is 0 Å². The molecule has 2 aliphatic rings. The Morgan fingerprint density at radius 1 is 1.12 bits per heavy atom. The summed E-state index contributed by atoms with van der Waals surface area (Å²) in [5, 5.41) is 3.32. The lowest BCUT2D eigenvalue weighted by atomic mass is 10.1. The molecule has 1 aromatic carbocycles. The average Bonchev–Trinajstić information content (AvgIpc) is 2.94. The maximum Gasteiger partial charge on any atom is 0.321 e. The number of anilines is 1. The van der Waals surface area contributed by atoms with Gasteiger partial charge in [0.15, 0.2) is 9.84 Å². The minimum absolute atomic E-state index is 0.0543. The number of nitrogens with one attached hydrogen (secondary N) is 1. The molecule has 25 heavy (non-hydrogen) atoms. The van der Waals surface area contributed by atoms with Gasteiger partial charge in [-0.2, -0.15) is 0 Å². The molecule has 9 heteroatoms. The fourth-order valence-electron chi connectivity index (χ4n) is 3.15. The van der Waals surface area contributed by atoms with Crippen molar-refractivity contribution in [2.45, 2.75) is 6.42 Å². The lowest BCUT2D eigenvalue weighted by molar-refractivity contribution is -0.136. The average molecular weight is 386 g/mol. The van der Waals surface area contributed by atoms with Gasteiger partial charge >= 0.3 is 6.03 Å². The molecule has 2 fully saturated rings. The van der Waals surface area contributed by atoms with Gasteiger partial charge in [-0.05, 0) is 24.6 Å². The Kier molecular flexibility index (Phi) is 5.19. The topological polar surface area (TPSA) is 86.8 Å². The fourth-order valence-corrected chi connectivity index (χ4v) is 5.07. The summed E-state index contributed by atoms with van der Waals surface area (Å²) in [6.45, 7) is 1.66. The van der Waals surface area contributed by atoms with Crippen molar-refractivity contribution in [2.75, 3.05) is 43.0 Å². The van der Waals surface area contributed by atoms with Gasteiger partial charge in [0.25, 0.3) is 0 Å². The third-order valence-corrected chi connectivity index (χ3v) is 6.54. The highest BCUT2D eigenvalue weighted by Gasteiger charge is 2.36. The third kappa shape index (κ3) is 4.43. The van der Waals surface area contributed by atoms with Crippen molar-refractivity contribution in [3.8, 4) is 0 Å². The Morgan fingerprint density at radius 2 is 1.80 bits per heavy atom. The van der Waals surface area contributed by atoms with Gasteiger partial charge in [0.1, 0.15) is 0 Å². The molecule has 7 nitrogen and oxygen atoms in total. The summed E-state index contributed by atoms with van der Waals surface area (Å²) in [5.41, 5.74) is 0.618. The lowest BCUT2D eigenvalue weighted by Crippen LogP contribution is -2.53. The van der Waals surface area contributed by atoms with E-state index in [2.05, 4.69) is 5.32 Å². The van der Waals surface area contributed by atoms with Crippen LogP contribution in [0.5, 0.6) is 0 Å². The van der Waals surface area contributed by atoms with Crippen molar-refractivity contribution >= 4 is 39.1 Å². The second kappa shape index (κ2) is 7.21. The van der Waals surface area contributed by atoms with Crippen molar-refractivity contribution in [1.29, 1.82) is 0 Å². The zero-order valence-corrected chi connectivity index (χ0v) is 15.2. The van der Waals surface area contributed by atoms with E-state index in [-0.39, 0.29) is 23.4 Å². The molecule has 1 N–H and O–H groups in total. The zero-order chi connectivity index (χ0) is 18.0. The normalized spacial score (nSPS) is 22.7. The molecular formula is C16H20ClN3O4S. The molecule has 0 aromatic heterocycles. The van der Waals surface area contributed by atoms with Crippen molar-refractivity contribution in [3.05, 3.63) is 29.3 Å². The monoisotopic (exact) mass is 385 g/mol. The minimum Gasteiger partial charge on any atom is -0.339 e. The van der Waals surface area contributed by atoms with Gasteiger partial charge in [0, 0.05) is 36.9 Å². The number of hydrogen-bond donors (Lipinski definition) is 1. The Morgan fingerprint density at radius 3 is 2.40 bits per heavy atom. The molecule has 3 amide bonds. The Balaban J connectivity index is 1.51. The number of rotatable bonds is 2. The molecule has 1 aromatic rings. The highest BCUT2D eigenvalue weighted by Crippen LogP contribution is 2.22. The van der Waals surface area contributed by atoms with E-state index in [4.69, 9.17) is 11.6 Å². The van der Waals surface area contributed by atoms with E-state index in [1.54, 1.807) is 34.1 Å². The summed E-state index contributed by atoms with van der Waals surface area (Å²) in [6.07, 6.45) is 0.399. The van der Waals surface area contributed by atoms with Crippen LogP contribution in [0, 0.1) is 5.92 Å².